The Labute approximate surface area is 104 Å². The third kappa shape index (κ3) is 2.48. The maximum absolute atomic E-state index is 10.7. The molecule has 0 aromatic carbocycles. The van der Waals surface area contributed by atoms with E-state index in [1.807, 2.05) is 6.07 Å². The van der Waals surface area contributed by atoms with Crippen molar-refractivity contribution in [1.82, 2.24) is 4.90 Å². The van der Waals surface area contributed by atoms with E-state index in [1.54, 1.807) is 6.07 Å². The molecular formula is C11H17N3O2S. The molecule has 2 N–H and O–H groups in total. The standard InChI is InChI=1S/C11H17N3O2S/c1-2-13-7-3-4-8(12)11(13)9-5-6-10(17-9)14(15)16/h5-6,8,11H,2-4,7,12H2,1H3. The van der Waals surface area contributed by atoms with Crippen LogP contribution in [0.15, 0.2) is 12.1 Å². The van der Waals surface area contributed by atoms with Gasteiger partial charge in [0.15, 0.2) is 0 Å². The summed E-state index contributed by atoms with van der Waals surface area (Å²) in [6.07, 6.45) is 2.10. The highest BCUT2D eigenvalue weighted by atomic mass is 32.1. The molecule has 0 amide bonds. The van der Waals surface area contributed by atoms with Crippen molar-refractivity contribution < 1.29 is 4.92 Å². The molecule has 1 aliphatic heterocycles. The minimum atomic E-state index is -0.335. The van der Waals surface area contributed by atoms with Crippen LogP contribution in [0.25, 0.3) is 0 Å². The Morgan fingerprint density at radius 2 is 2.41 bits per heavy atom. The first-order chi connectivity index (χ1) is 8.13. The summed E-state index contributed by atoms with van der Waals surface area (Å²) in [5, 5.41) is 10.9. The van der Waals surface area contributed by atoms with Crippen molar-refractivity contribution in [2.75, 3.05) is 13.1 Å². The van der Waals surface area contributed by atoms with E-state index in [0.29, 0.717) is 0 Å². The number of hydrogen-bond acceptors (Lipinski definition) is 5. The number of nitrogens with two attached hydrogens (primary N) is 1. The average molecular weight is 255 g/mol. The Morgan fingerprint density at radius 1 is 1.65 bits per heavy atom. The molecule has 17 heavy (non-hydrogen) atoms. The summed E-state index contributed by atoms with van der Waals surface area (Å²) in [5.41, 5.74) is 6.16. The highest BCUT2D eigenvalue weighted by Crippen LogP contribution is 2.36. The predicted molar refractivity (Wildman–Crippen MR) is 68.2 cm³/mol. The lowest BCUT2D eigenvalue weighted by molar-refractivity contribution is -0.380. The number of piperidine rings is 1. The summed E-state index contributed by atoms with van der Waals surface area (Å²) in [6, 6.07) is 3.66. The van der Waals surface area contributed by atoms with E-state index in [4.69, 9.17) is 5.73 Å². The molecule has 1 aromatic heterocycles. The van der Waals surface area contributed by atoms with E-state index < -0.39 is 0 Å². The largest absolute Gasteiger partial charge is 0.326 e. The van der Waals surface area contributed by atoms with Crippen LogP contribution < -0.4 is 5.73 Å². The van der Waals surface area contributed by atoms with E-state index in [9.17, 15) is 10.1 Å². The van der Waals surface area contributed by atoms with E-state index in [0.717, 1.165) is 30.8 Å². The zero-order valence-electron chi connectivity index (χ0n) is 9.83. The minimum absolute atomic E-state index is 0.0851. The summed E-state index contributed by atoms with van der Waals surface area (Å²) in [6.45, 7) is 4.07. The smallest absolute Gasteiger partial charge is 0.324 e. The van der Waals surface area contributed by atoms with Crippen molar-refractivity contribution in [1.29, 1.82) is 0 Å². The van der Waals surface area contributed by atoms with Crippen molar-refractivity contribution in [2.45, 2.75) is 31.8 Å². The van der Waals surface area contributed by atoms with Crippen LogP contribution in [0.5, 0.6) is 0 Å². The number of thiophene rings is 1. The summed E-state index contributed by atoms with van der Waals surface area (Å²) < 4.78 is 0. The predicted octanol–water partition coefficient (Wildman–Crippen LogP) is 2.14. The molecule has 0 aliphatic carbocycles. The van der Waals surface area contributed by atoms with Crippen LogP contribution in [0.1, 0.15) is 30.7 Å². The Hall–Kier alpha value is -0.980. The lowest BCUT2D eigenvalue weighted by Gasteiger charge is -2.38. The van der Waals surface area contributed by atoms with Crippen LogP contribution in [0.3, 0.4) is 0 Å². The van der Waals surface area contributed by atoms with Crippen molar-refractivity contribution >= 4 is 16.3 Å². The Kier molecular flexibility index (Phi) is 3.76. The first-order valence-corrected chi connectivity index (χ1v) is 6.69. The molecule has 2 rings (SSSR count). The molecular weight excluding hydrogens is 238 g/mol. The number of nitro groups is 1. The lowest BCUT2D eigenvalue weighted by Crippen LogP contribution is -2.45. The van der Waals surface area contributed by atoms with Crippen molar-refractivity contribution in [2.24, 2.45) is 5.73 Å². The first-order valence-electron chi connectivity index (χ1n) is 5.87. The van der Waals surface area contributed by atoms with Gasteiger partial charge in [-0.05, 0) is 32.0 Å². The second-order valence-corrected chi connectivity index (χ2v) is 5.41. The zero-order chi connectivity index (χ0) is 12.4. The zero-order valence-corrected chi connectivity index (χ0v) is 10.7. The fourth-order valence-corrected chi connectivity index (χ4v) is 3.48. The van der Waals surface area contributed by atoms with Crippen molar-refractivity contribution in [3.8, 4) is 0 Å². The van der Waals surface area contributed by atoms with Crippen molar-refractivity contribution in [3.05, 3.63) is 27.1 Å². The molecule has 2 atom stereocenters. The molecule has 0 bridgehead atoms. The molecule has 1 saturated heterocycles. The summed E-state index contributed by atoms with van der Waals surface area (Å²) in [5.74, 6) is 0. The quantitative estimate of drug-likeness (QED) is 0.663. The summed E-state index contributed by atoms with van der Waals surface area (Å²) >= 11 is 1.25. The van der Waals surface area contributed by atoms with Crippen LogP contribution >= 0.6 is 11.3 Å². The lowest BCUT2D eigenvalue weighted by atomic mass is 9.96. The van der Waals surface area contributed by atoms with Gasteiger partial charge in [0, 0.05) is 17.0 Å². The van der Waals surface area contributed by atoms with Crippen LogP contribution in [0, 0.1) is 10.1 Å². The normalized spacial score (nSPS) is 26.0. The third-order valence-electron chi connectivity index (χ3n) is 3.27. The topological polar surface area (TPSA) is 72.4 Å². The number of nitrogens with zero attached hydrogens (tertiary/aromatic N) is 2. The fourth-order valence-electron chi connectivity index (χ4n) is 2.44. The summed E-state index contributed by atoms with van der Waals surface area (Å²) in [4.78, 5) is 13.7. The van der Waals surface area contributed by atoms with E-state index in [-0.39, 0.29) is 22.0 Å². The molecule has 1 fully saturated rings. The second-order valence-electron chi connectivity index (χ2n) is 4.31. The van der Waals surface area contributed by atoms with Gasteiger partial charge in [-0.15, -0.1) is 0 Å². The molecule has 0 saturated carbocycles. The second kappa shape index (κ2) is 5.12. The van der Waals surface area contributed by atoms with Crippen LogP contribution in [0.2, 0.25) is 0 Å². The molecule has 1 aliphatic rings. The minimum Gasteiger partial charge on any atom is -0.326 e. The van der Waals surface area contributed by atoms with Crippen LogP contribution in [-0.4, -0.2) is 29.0 Å². The molecule has 2 heterocycles. The van der Waals surface area contributed by atoms with Gasteiger partial charge >= 0.3 is 5.00 Å². The average Bonchev–Trinajstić information content (AvgIpc) is 2.77. The highest BCUT2D eigenvalue weighted by molar-refractivity contribution is 7.15. The van der Waals surface area contributed by atoms with Gasteiger partial charge in [-0.1, -0.05) is 18.3 Å². The maximum atomic E-state index is 10.7. The molecule has 5 nitrogen and oxygen atoms in total. The molecule has 6 heteroatoms. The van der Waals surface area contributed by atoms with E-state index >= 15 is 0 Å². The SMILES string of the molecule is CCN1CCCC(N)C1c1ccc([N+](=O)[O-])s1. The van der Waals surface area contributed by atoms with Gasteiger partial charge in [0.1, 0.15) is 0 Å². The van der Waals surface area contributed by atoms with Gasteiger partial charge in [-0.25, -0.2) is 0 Å². The van der Waals surface area contributed by atoms with Gasteiger partial charge in [0.2, 0.25) is 0 Å². The van der Waals surface area contributed by atoms with E-state index in [2.05, 4.69) is 11.8 Å². The number of hydrogen-bond donors (Lipinski definition) is 1. The Morgan fingerprint density at radius 3 is 3.00 bits per heavy atom. The van der Waals surface area contributed by atoms with Crippen molar-refractivity contribution in [3.63, 3.8) is 0 Å². The maximum Gasteiger partial charge on any atom is 0.324 e. The Balaban J connectivity index is 2.25. The van der Waals surface area contributed by atoms with E-state index in [1.165, 1.54) is 11.3 Å². The Bertz CT molecular complexity index is 407. The van der Waals surface area contributed by atoms with Gasteiger partial charge in [0.25, 0.3) is 0 Å². The molecule has 1 aromatic rings. The number of rotatable bonds is 3. The molecule has 0 radical (unpaired) electrons. The molecule has 94 valence electrons. The van der Waals surface area contributed by atoms with Crippen LogP contribution in [0.4, 0.5) is 5.00 Å². The molecule has 2 unspecified atom stereocenters. The molecule has 0 spiro atoms. The monoisotopic (exact) mass is 255 g/mol. The number of likely N-dealkylation sites (tertiary alicyclic amines) is 1. The van der Waals surface area contributed by atoms with Crippen LogP contribution in [-0.2, 0) is 0 Å². The summed E-state index contributed by atoms with van der Waals surface area (Å²) in [7, 11) is 0. The first kappa shape index (κ1) is 12.5. The van der Waals surface area contributed by atoms with Gasteiger partial charge in [-0.2, -0.15) is 0 Å². The van der Waals surface area contributed by atoms with Gasteiger partial charge < -0.3 is 5.73 Å². The third-order valence-corrected chi connectivity index (χ3v) is 4.38. The van der Waals surface area contributed by atoms with Gasteiger partial charge in [0.05, 0.1) is 11.0 Å². The van der Waals surface area contributed by atoms with Gasteiger partial charge in [-0.3, -0.25) is 15.0 Å². The highest BCUT2D eigenvalue weighted by Gasteiger charge is 2.31. The fraction of sp³-hybridized carbons (Fsp3) is 0.636. The number of likely N-dealkylation sites (N-methyl/N-ethyl adjacent to an activating group) is 1.